The highest BCUT2D eigenvalue weighted by Crippen LogP contribution is 2.25. The molecule has 0 spiro atoms. The largest absolute Gasteiger partial charge is 0.378 e. The third-order valence-electron chi connectivity index (χ3n) is 3.08. The molecule has 1 aromatic rings. The Labute approximate surface area is 114 Å². The normalized spacial score (nSPS) is 18.9. The quantitative estimate of drug-likeness (QED) is 0.907. The molecule has 0 radical (unpaired) electrons. The van der Waals surface area contributed by atoms with E-state index >= 15 is 0 Å². The van der Waals surface area contributed by atoms with E-state index in [0.29, 0.717) is 12.0 Å². The zero-order chi connectivity index (χ0) is 13.1. The molecule has 0 amide bonds. The third-order valence-corrected chi connectivity index (χ3v) is 4.07. The fraction of sp³-hybridized carbons (Fsp3) is 0.500. The molecule has 0 aliphatic carbocycles. The summed E-state index contributed by atoms with van der Waals surface area (Å²) >= 11 is 1.81. The number of nitrogens with one attached hydrogen (secondary N) is 1. The van der Waals surface area contributed by atoms with Crippen LogP contribution >= 0.6 is 11.8 Å². The Bertz CT molecular complexity index is 423. The van der Waals surface area contributed by atoms with E-state index in [1.807, 2.05) is 25.9 Å². The van der Waals surface area contributed by atoms with Crippen molar-refractivity contribution in [3.63, 3.8) is 0 Å². The number of nitrogens with zero attached hydrogens (tertiary/aromatic N) is 2. The van der Waals surface area contributed by atoms with Gasteiger partial charge in [0.15, 0.2) is 5.17 Å². The first-order valence-corrected chi connectivity index (χ1v) is 7.30. The molecule has 1 aliphatic rings. The monoisotopic (exact) mass is 263 g/mol. The highest BCUT2D eigenvalue weighted by atomic mass is 32.2. The van der Waals surface area contributed by atoms with Gasteiger partial charge in [0, 0.05) is 31.2 Å². The zero-order valence-electron chi connectivity index (χ0n) is 11.5. The lowest BCUT2D eigenvalue weighted by Gasteiger charge is -2.13. The van der Waals surface area contributed by atoms with Crippen LogP contribution < -0.4 is 10.2 Å². The van der Waals surface area contributed by atoms with Crippen molar-refractivity contribution in [3.8, 4) is 0 Å². The fourth-order valence-corrected chi connectivity index (χ4v) is 2.95. The summed E-state index contributed by atoms with van der Waals surface area (Å²) in [7, 11) is 4.10. The topological polar surface area (TPSA) is 27.6 Å². The first-order chi connectivity index (χ1) is 8.56. The molecule has 4 heteroatoms. The number of rotatable bonds is 3. The molecular weight excluding hydrogens is 242 g/mol. The van der Waals surface area contributed by atoms with Crippen molar-refractivity contribution >= 4 is 28.3 Å². The third kappa shape index (κ3) is 3.19. The van der Waals surface area contributed by atoms with Crippen LogP contribution in [0.5, 0.6) is 0 Å². The highest BCUT2D eigenvalue weighted by Gasteiger charge is 2.20. The summed E-state index contributed by atoms with van der Waals surface area (Å²) in [4.78, 5) is 6.80. The molecule has 1 N–H and O–H groups in total. The van der Waals surface area contributed by atoms with Gasteiger partial charge >= 0.3 is 0 Å². The number of amidine groups is 1. The molecule has 0 unspecified atom stereocenters. The van der Waals surface area contributed by atoms with Gasteiger partial charge in [-0.2, -0.15) is 0 Å². The van der Waals surface area contributed by atoms with E-state index < -0.39 is 0 Å². The number of benzene rings is 1. The van der Waals surface area contributed by atoms with Crippen molar-refractivity contribution in [2.75, 3.05) is 30.1 Å². The molecule has 0 fully saturated rings. The van der Waals surface area contributed by atoms with Crippen LogP contribution in [-0.4, -0.2) is 31.1 Å². The lowest BCUT2D eigenvalue weighted by molar-refractivity contribution is 0.543. The van der Waals surface area contributed by atoms with E-state index in [1.54, 1.807) is 0 Å². The van der Waals surface area contributed by atoms with Crippen LogP contribution in [0.2, 0.25) is 0 Å². The zero-order valence-corrected chi connectivity index (χ0v) is 12.3. The molecule has 0 saturated carbocycles. The van der Waals surface area contributed by atoms with E-state index in [4.69, 9.17) is 4.99 Å². The van der Waals surface area contributed by atoms with Gasteiger partial charge in [0.1, 0.15) is 0 Å². The number of hydrogen-bond donors (Lipinski definition) is 1. The standard InChI is InChI=1S/C14H21N3S/c1-10(2)13-9-18-14(16-13)15-11-5-7-12(8-6-11)17(3)4/h5-8,10,13H,9H2,1-4H3,(H,15,16)/t13-/m1/s1. The van der Waals surface area contributed by atoms with Crippen LogP contribution in [0.25, 0.3) is 0 Å². The summed E-state index contributed by atoms with van der Waals surface area (Å²) in [5.41, 5.74) is 2.32. The summed E-state index contributed by atoms with van der Waals surface area (Å²) in [6.07, 6.45) is 0. The van der Waals surface area contributed by atoms with Gasteiger partial charge in [0.05, 0.1) is 6.04 Å². The Hall–Kier alpha value is -1.16. The molecule has 0 aromatic heterocycles. The molecule has 2 rings (SSSR count). The van der Waals surface area contributed by atoms with E-state index in [-0.39, 0.29) is 0 Å². The van der Waals surface area contributed by atoms with Crippen molar-refractivity contribution in [2.24, 2.45) is 10.9 Å². The molecule has 1 aromatic carbocycles. The molecular formula is C14H21N3S. The second-order valence-electron chi connectivity index (χ2n) is 5.12. The molecule has 1 aliphatic heterocycles. The lowest BCUT2D eigenvalue weighted by Crippen LogP contribution is -2.12. The van der Waals surface area contributed by atoms with E-state index in [1.165, 1.54) is 5.69 Å². The summed E-state index contributed by atoms with van der Waals surface area (Å²) < 4.78 is 0. The maximum absolute atomic E-state index is 4.70. The predicted molar refractivity (Wildman–Crippen MR) is 82.9 cm³/mol. The van der Waals surface area contributed by atoms with Gasteiger partial charge < -0.3 is 10.2 Å². The SMILES string of the molecule is CC(C)[C@H]1CSC(Nc2ccc(N(C)C)cc2)=N1. The van der Waals surface area contributed by atoms with Gasteiger partial charge in [-0.25, -0.2) is 0 Å². The molecule has 0 saturated heterocycles. The summed E-state index contributed by atoms with van der Waals surface area (Å²) in [5, 5.41) is 4.43. The molecule has 3 nitrogen and oxygen atoms in total. The highest BCUT2D eigenvalue weighted by molar-refractivity contribution is 8.14. The lowest BCUT2D eigenvalue weighted by atomic mass is 10.1. The number of thioether (sulfide) groups is 1. The first-order valence-electron chi connectivity index (χ1n) is 6.31. The van der Waals surface area contributed by atoms with Crippen molar-refractivity contribution in [1.82, 2.24) is 0 Å². The maximum atomic E-state index is 4.70. The molecule has 1 atom stereocenters. The molecule has 1 heterocycles. The van der Waals surface area contributed by atoms with Gasteiger partial charge in [-0.15, -0.1) is 0 Å². The van der Waals surface area contributed by atoms with Gasteiger partial charge in [0.25, 0.3) is 0 Å². The maximum Gasteiger partial charge on any atom is 0.161 e. The van der Waals surface area contributed by atoms with Gasteiger partial charge in [0.2, 0.25) is 0 Å². The average molecular weight is 263 g/mol. The minimum Gasteiger partial charge on any atom is -0.378 e. The fourth-order valence-electron chi connectivity index (χ4n) is 1.77. The average Bonchev–Trinajstić information content (AvgIpc) is 2.78. The van der Waals surface area contributed by atoms with Crippen molar-refractivity contribution < 1.29 is 0 Å². The van der Waals surface area contributed by atoms with Crippen LogP contribution in [0.3, 0.4) is 0 Å². The Kier molecular flexibility index (Phi) is 4.17. The Morgan fingerprint density at radius 2 is 1.94 bits per heavy atom. The Balaban J connectivity index is 2.00. The number of anilines is 2. The van der Waals surface area contributed by atoms with Crippen LogP contribution in [0.1, 0.15) is 13.8 Å². The van der Waals surface area contributed by atoms with Gasteiger partial charge in [-0.3, -0.25) is 4.99 Å². The van der Waals surface area contributed by atoms with Crippen molar-refractivity contribution in [1.29, 1.82) is 0 Å². The predicted octanol–water partition coefficient (Wildman–Crippen LogP) is 3.29. The molecule has 18 heavy (non-hydrogen) atoms. The van der Waals surface area contributed by atoms with E-state index in [0.717, 1.165) is 16.6 Å². The van der Waals surface area contributed by atoms with E-state index in [2.05, 4.69) is 48.3 Å². The van der Waals surface area contributed by atoms with Crippen LogP contribution in [0.15, 0.2) is 29.3 Å². The Morgan fingerprint density at radius 1 is 1.28 bits per heavy atom. The van der Waals surface area contributed by atoms with Crippen LogP contribution in [-0.2, 0) is 0 Å². The number of hydrogen-bond acceptors (Lipinski definition) is 4. The molecule has 0 bridgehead atoms. The summed E-state index contributed by atoms with van der Waals surface area (Å²) in [6, 6.07) is 8.88. The van der Waals surface area contributed by atoms with Crippen LogP contribution in [0, 0.1) is 5.92 Å². The minimum absolute atomic E-state index is 0.457. The Morgan fingerprint density at radius 3 is 2.44 bits per heavy atom. The second-order valence-corrected chi connectivity index (χ2v) is 6.13. The first kappa shape index (κ1) is 13.3. The van der Waals surface area contributed by atoms with Crippen molar-refractivity contribution in [2.45, 2.75) is 19.9 Å². The summed E-state index contributed by atoms with van der Waals surface area (Å²) in [5.74, 6) is 1.71. The van der Waals surface area contributed by atoms with Crippen molar-refractivity contribution in [3.05, 3.63) is 24.3 Å². The number of aliphatic imine (C=N–C) groups is 1. The minimum atomic E-state index is 0.457. The smallest absolute Gasteiger partial charge is 0.161 e. The van der Waals surface area contributed by atoms with E-state index in [9.17, 15) is 0 Å². The summed E-state index contributed by atoms with van der Waals surface area (Å²) in [6.45, 7) is 4.45. The van der Waals surface area contributed by atoms with Crippen LogP contribution in [0.4, 0.5) is 11.4 Å². The second kappa shape index (κ2) is 5.65. The van der Waals surface area contributed by atoms with Gasteiger partial charge in [-0.1, -0.05) is 25.6 Å². The van der Waals surface area contributed by atoms with Gasteiger partial charge in [-0.05, 0) is 30.2 Å². The molecule has 98 valence electrons.